The van der Waals surface area contributed by atoms with Crippen LogP contribution in [0.5, 0.6) is 0 Å². The lowest BCUT2D eigenvalue weighted by Crippen LogP contribution is -2.27. The Morgan fingerprint density at radius 2 is 2.28 bits per heavy atom. The molecule has 1 aliphatic rings. The first-order chi connectivity index (χ1) is 11.9. The lowest BCUT2D eigenvalue weighted by atomic mass is 9.81. The molecule has 0 saturated heterocycles. The number of hydrogen-bond donors (Lipinski definition) is 1. The van der Waals surface area contributed by atoms with E-state index in [1.807, 2.05) is 0 Å². The number of benzene rings is 1. The van der Waals surface area contributed by atoms with Crippen LogP contribution < -0.4 is 5.32 Å². The van der Waals surface area contributed by atoms with Crippen LogP contribution >= 0.6 is 11.8 Å². The van der Waals surface area contributed by atoms with Crippen LogP contribution in [0.2, 0.25) is 0 Å². The van der Waals surface area contributed by atoms with E-state index in [1.54, 1.807) is 25.1 Å². The van der Waals surface area contributed by atoms with Crippen molar-refractivity contribution >= 4 is 23.2 Å². The topological polar surface area (TPSA) is 96.0 Å². The molecule has 0 fully saturated rings. The fourth-order valence-corrected chi connectivity index (χ4v) is 3.62. The third kappa shape index (κ3) is 3.80. The highest BCUT2D eigenvalue weighted by Gasteiger charge is 2.33. The minimum atomic E-state index is -0.629. The summed E-state index contributed by atoms with van der Waals surface area (Å²) in [5.74, 6) is -0.212. The van der Waals surface area contributed by atoms with Gasteiger partial charge in [0.15, 0.2) is 5.78 Å². The van der Waals surface area contributed by atoms with Crippen molar-refractivity contribution in [3.05, 3.63) is 74.5 Å². The van der Waals surface area contributed by atoms with Gasteiger partial charge in [0.1, 0.15) is 0 Å². The van der Waals surface area contributed by atoms with Crippen molar-refractivity contribution in [2.45, 2.75) is 19.8 Å². The number of carbonyl (C=O) groups is 1. The minimum Gasteiger partial charge on any atom is -0.353 e. The Morgan fingerprint density at radius 3 is 2.84 bits per heavy atom. The van der Waals surface area contributed by atoms with Crippen LogP contribution in [-0.2, 0) is 4.79 Å². The zero-order chi connectivity index (χ0) is 18.6. The van der Waals surface area contributed by atoms with Crippen molar-refractivity contribution in [3.8, 4) is 6.07 Å². The zero-order valence-electron chi connectivity index (χ0n) is 13.9. The third-order valence-corrected chi connectivity index (χ3v) is 4.80. The SMILES string of the molecule is C=CCSC1=C(C#N)C(c2cccc([N+](=O)[O-])c2)C(C(C)=O)=C(C)N1. The lowest BCUT2D eigenvalue weighted by molar-refractivity contribution is -0.384. The number of carbonyl (C=O) groups excluding carboxylic acids is 1. The van der Waals surface area contributed by atoms with Crippen LogP contribution in [0.4, 0.5) is 5.69 Å². The highest BCUT2D eigenvalue weighted by molar-refractivity contribution is 8.03. The number of dihydropyridines is 1. The van der Waals surface area contributed by atoms with Gasteiger partial charge in [-0.05, 0) is 19.4 Å². The summed E-state index contributed by atoms with van der Waals surface area (Å²) in [6, 6.07) is 8.24. The Bertz CT molecular complexity index is 849. The van der Waals surface area contributed by atoms with E-state index in [2.05, 4.69) is 18.0 Å². The number of nitro groups is 1. The second kappa shape index (κ2) is 7.81. The van der Waals surface area contributed by atoms with Gasteiger partial charge < -0.3 is 5.32 Å². The second-order valence-corrected chi connectivity index (χ2v) is 6.49. The number of nitriles is 1. The average Bonchev–Trinajstić information content (AvgIpc) is 2.58. The van der Waals surface area contributed by atoms with Gasteiger partial charge >= 0.3 is 0 Å². The van der Waals surface area contributed by atoms with Crippen molar-refractivity contribution in [2.24, 2.45) is 0 Å². The van der Waals surface area contributed by atoms with Gasteiger partial charge in [0, 0.05) is 29.2 Å². The zero-order valence-corrected chi connectivity index (χ0v) is 14.7. The van der Waals surface area contributed by atoms with Gasteiger partial charge in [-0.3, -0.25) is 14.9 Å². The van der Waals surface area contributed by atoms with Gasteiger partial charge in [0.2, 0.25) is 0 Å². The standard InChI is InChI=1S/C18H17N3O3S/c1-4-8-25-18-15(10-19)17(16(12(3)22)11(2)20-18)13-6-5-7-14(9-13)21(23)24/h4-7,9,17,20H,1,8H2,2-3H3. The normalized spacial score (nSPS) is 16.9. The molecule has 0 amide bonds. The van der Waals surface area contributed by atoms with Crippen LogP contribution in [-0.4, -0.2) is 16.5 Å². The van der Waals surface area contributed by atoms with E-state index in [4.69, 9.17) is 0 Å². The molecular weight excluding hydrogens is 338 g/mol. The number of nitro benzene ring substituents is 1. The molecule has 128 valence electrons. The number of nitrogens with zero attached hydrogens (tertiary/aromatic N) is 2. The largest absolute Gasteiger partial charge is 0.353 e. The fourth-order valence-electron chi connectivity index (χ4n) is 2.79. The Labute approximate surface area is 150 Å². The molecule has 2 rings (SSSR count). The quantitative estimate of drug-likeness (QED) is 0.474. The number of Topliss-reactive ketones (excluding diaryl/α,β-unsaturated/α-hetero) is 1. The molecule has 1 aromatic carbocycles. The summed E-state index contributed by atoms with van der Waals surface area (Å²) >= 11 is 1.41. The number of non-ortho nitro benzene ring substituents is 1. The summed E-state index contributed by atoms with van der Waals surface area (Å²) < 4.78 is 0. The van der Waals surface area contributed by atoms with Gasteiger partial charge in [-0.15, -0.1) is 18.3 Å². The molecule has 0 bridgehead atoms. The van der Waals surface area contributed by atoms with Crippen LogP contribution in [0.15, 0.2) is 58.8 Å². The van der Waals surface area contributed by atoms with Gasteiger partial charge in [0.25, 0.3) is 5.69 Å². The number of allylic oxidation sites excluding steroid dienone is 3. The molecule has 1 aromatic rings. The maximum Gasteiger partial charge on any atom is 0.269 e. The molecule has 1 atom stereocenters. The van der Waals surface area contributed by atoms with Gasteiger partial charge in [-0.2, -0.15) is 5.26 Å². The molecule has 6 nitrogen and oxygen atoms in total. The highest BCUT2D eigenvalue weighted by Crippen LogP contribution is 2.41. The minimum absolute atomic E-state index is 0.0748. The molecule has 7 heteroatoms. The van der Waals surface area contributed by atoms with Crippen LogP contribution in [0, 0.1) is 21.4 Å². The van der Waals surface area contributed by atoms with Crippen molar-refractivity contribution < 1.29 is 9.72 Å². The monoisotopic (exact) mass is 355 g/mol. The molecule has 0 saturated carbocycles. The molecule has 0 aliphatic carbocycles. The molecule has 25 heavy (non-hydrogen) atoms. The number of hydrogen-bond acceptors (Lipinski definition) is 6. The highest BCUT2D eigenvalue weighted by atomic mass is 32.2. The summed E-state index contributed by atoms with van der Waals surface area (Å²) in [5, 5.41) is 24.6. The van der Waals surface area contributed by atoms with E-state index in [1.165, 1.54) is 30.8 Å². The Balaban J connectivity index is 2.66. The van der Waals surface area contributed by atoms with Crippen molar-refractivity contribution in [1.29, 1.82) is 5.26 Å². The van der Waals surface area contributed by atoms with Crippen LogP contribution in [0.25, 0.3) is 0 Å². The number of thioether (sulfide) groups is 1. The van der Waals surface area contributed by atoms with Crippen molar-refractivity contribution in [1.82, 2.24) is 5.32 Å². The molecule has 0 radical (unpaired) electrons. The Morgan fingerprint density at radius 1 is 1.56 bits per heavy atom. The summed E-state index contributed by atoms with van der Waals surface area (Å²) in [4.78, 5) is 22.8. The number of nitrogens with one attached hydrogen (secondary N) is 1. The molecule has 1 aliphatic heterocycles. The Kier molecular flexibility index (Phi) is 5.78. The van der Waals surface area contributed by atoms with Crippen LogP contribution in [0.1, 0.15) is 25.3 Å². The summed E-state index contributed by atoms with van der Waals surface area (Å²) in [6.07, 6.45) is 1.72. The summed E-state index contributed by atoms with van der Waals surface area (Å²) in [7, 11) is 0. The molecule has 1 N–H and O–H groups in total. The number of ketones is 1. The van der Waals surface area contributed by atoms with Gasteiger partial charge in [-0.1, -0.05) is 18.2 Å². The second-order valence-electron chi connectivity index (χ2n) is 5.46. The predicted octanol–water partition coefficient (Wildman–Crippen LogP) is 3.80. The van der Waals surface area contributed by atoms with Crippen molar-refractivity contribution in [3.63, 3.8) is 0 Å². The fraction of sp³-hybridized carbons (Fsp3) is 0.222. The predicted molar refractivity (Wildman–Crippen MR) is 97.6 cm³/mol. The molecule has 1 unspecified atom stereocenters. The molecule has 0 aromatic heterocycles. The third-order valence-electron chi connectivity index (χ3n) is 3.79. The van der Waals surface area contributed by atoms with Crippen LogP contribution in [0.3, 0.4) is 0 Å². The summed E-state index contributed by atoms with van der Waals surface area (Å²) in [5.41, 5.74) is 1.94. The first-order valence-corrected chi connectivity index (χ1v) is 8.50. The van der Waals surface area contributed by atoms with Crippen molar-refractivity contribution in [2.75, 3.05) is 5.75 Å². The molecule has 1 heterocycles. The summed E-state index contributed by atoms with van der Waals surface area (Å²) in [6.45, 7) is 6.87. The van der Waals surface area contributed by atoms with E-state index < -0.39 is 10.8 Å². The lowest BCUT2D eigenvalue weighted by Gasteiger charge is -2.29. The van der Waals surface area contributed by atoms with E-state index in [0.717, 1.165) is 0 Å². The van der Waals surface area contributed by atoms with E-state index >= 15 is 0 Å². The maximum absolute atomic E-state index is 12.2. The Hall–Kier alpha value is -2.85. The first-order valence-electron chi connectivity index (χ1n) is 7.51. The van der Waals surface area contributed by atoms with Gasteiger partial charge in [0.05, 0.1) is 27.5 Å². The van der Waals surface area contributed by atoms with E-state index in [9.17, 15) is 20.2 Å². The molecule has 0 spiro atoms. The first kappa shape index (κ1) is 18.5. The average molecular weight is 355 g/mol. The van der Waals surface area contributed by atoms with E-state index in [-0.39, 0.29) is 11.5 Å². The molecular formula is C18H17N3O3S. The van der Waals surface area contributed by atoms with E-state index in [0.29, 0.717) is 33.2 Å². The number of rotatable bonds is 6. The smallest absolute Gasteiger partial charge is 0.269 e. The maximum atomic E-state index is 12.2. The van der Waals surface area contributed by atoms with Gasteiger partial charge in [-0.25, -0.2) is 0 Å².